The Hall–Kier alpha value is -1.39. The molecule has 3 N–H and O–H groups in total. The average molecular weight is 221 g/mol. The standard InChI is InChI=1S/C12H15NO3/c14-6-5-11(15)9-1-3-10-8(7-9)2-4-12(16)13-10/h1,3,7,11,14-15H,2,4-6H2,(H,13,16). The third-order valence-corrected chi connectivity index (χ3v) is 2.81. The smallest absolute Gasteiger partial charge is 0.224 e. The third kappa shape index (κ3) is 2.23. The summed E-state index contributed by atoms with van der Waals surface area (Å²) in [6.07, 6.45) is 0.909. The molecule has 1 amide bonds. The van der Waals surface area contributed by atoms with Crippen LogP contribution in [0.2, 0.25) is 0 Å². The molecule has 0 saturated carbocycles. The Morgan fingerprint density at radius 3 is 2.94 bits per heavy atom. The quantitative estimate of drug-likeness (QED) is 0.712. The van der Waals surface area contributed by atoms with Crippen molar-refractivity contribution in [1.82, 2.24) is 0 Å². The largest absolute Gasteiger partial charge is 0.396 e. The molecule has 1 unspecified atom stereocenters. The Labute approximate surface area is 93.9 Å². The second-order valence-corrected chi connectivity index (χ2v) is 3.99. The first-order valence-corrected chi connectivity index (χ1v) is 5.42. The summed E-state index contributed by atoms with van der Waals surface area (Å²) in [7, 11) is 0. The van der Waals surface area contributed by atoms with Crippen molar-refractivity contribution in [3.05, 3.63) is 29.3 Å². The summed E-state index contributed by atoms with van der Waals surface area (Å²) in [4.78, 5) is 11.2. The molecule has 4 heteroatoms. The van der Waals surface area contributed by atoms with Crippen LogP contribution in [-0.4, -0.2) is 22.7 Å². The highest BCUT2D eigenvalue weighted by Gasteiger charge is 2.16. The van der Waals surface area contributed by atoms with Gasteiger partial charge in [-0.1, -0.05) is 12.1 Å². The van der Waals surface area contributed by atoms with Crippen LogP contribution in [0.5, 0.6) is 0 Å². The van der Waals surface area contributed by atoms with Crippen molar-refractivity contribution in [2.45, 2.75) is 25.4 Å². The molecule has 4 nitrogen and oxygen atoms in total. The van der Waals surface area contributed by atoms with E-state index in [1.165, 1.54) is 0 Å². The number of nitrogens with one attached hydrogen (secondary N) is 1. The Morgan fingerprint density at radius 1 is 1.38 bits per heavy atom. The summed E-state index contributed by atoms with van der Waals surface area (Å²) >= 11 is 0. The molecule has 0 aliphatic carbocycles. The Kier molecular flexibility index (Phi) is 3.22. The summed E-state index contributed by atoms with van der Waals surface area (Å²) in [6.45, 7) is -0.0328. The number of anilines is 1. The van der Waals surface area contributed by atoms with E-state index in [1.807, 2.05) is 12.1 Å². The van der Waals surface area contributed by atoms with E-state index in [0.717, 1.165) is 16.8 Å². The van der Waals surface area contributed by atoms with Crippen LogP contribution in [0.1, 0.15) is 30.1 Å². The monoisotopic (exact) mass is 221 g/mol. The lowest BCUT2D eigenvalue weighted by Gasteiger charge is -2.19. The average Bonchev–Trinajstić information content (AvgIpc) is 2.28. The lowest BCUT2D eigenvalue weighted by Crippen LogP contribution is -2.19. The highest BCUT2D eigenvalue weighted by molar-refractivity contribution is 5.93. The van der Waals surface area contributed by atoms with Crippen LogP contribution in [0.3, 0.4) is 0 Å². The molecule has 1 aromatic rings. The number of hydrogen-bond donors (Lipinski definition) is 3. The van der Waals surface area contributed by atoms with Crippen molar-refractivity contribution < 1.29 is 15.0 Å². The predicted octanol–water partition coefficient (Wildman–Crippen LogP) is 0.987. The summed E-state index contributed by atoms with van der Waals surface area (Å²) in [5, 5.41) is 21.3. The van der Waals surface area contributed by atoms with Crippen LogP contribution in [0, 0.1) is 0 Å². The zero-order valence-electron chi connectivity index (χ0n) is 8.94. The number of benzene rings is 1. The lowest BCUT2D eigenvalue weighted by molar-refractivity contribution is -0.116. The maximum absolute atomic E-state index is 11.2. The fourth-order valence-corrected chi connectivity index (χ4v) is 1.90. The Bertz CT molecular complexity index is 403. The second-order valence-electron chi connectivity index (χ2n) is 3.99. The van der Waals surface area contributed by atoms with Crippen LogP contribution in [0.15, 0.2) is 18.2 Å². The maximum atomic E-state index is 11.2. The van der Waals surface area contributed by atoms with Gasteiger partial charge in [0.2, 0.25) is 5.91 Å². The molecule has 86 valence electrons. The molecule has 1 atom stereocenters. The molecule has 1 heterocycles. The van der Waals surface area contributed by atoms with Crippen LogP contribution < -0.4 is 5.32 Å². The predicted molar refractivity (Wildman–Crippen MR) is 60.1 cm³/mol. The molecular weight excluding hydrogens is 206 g/mol. The highest BCUT2D eigenvalue weighted by atomic mass is 16.3. The van der Waals surface area contributed by atoms with Crippen LogP contribution in [0.4, 0.5) is 5.69 Å². The molecule has 1 aliphatic heterocycles. The van der Waals surface area contributed by atoms with Gasteiger partial charge in [0.15, 0.2) is 0 Å². The maximum Gasteiger partial charge on any atom is 0.224 e. The fourth-order valence-electron chi connectivity index (χ4n) is 1.90. The summed E-state index contributed by atoms with van der Waals surface area (Å²) in [5.74, 6) is 0.0381. The Morgan fingerprint density at radius 2 is 2.19 bits per heavy atom. The number of aliphatic hydroxyl groups excluding tert-OH is 2. The highest BCUT2D eigenvalue weighted by Crippen LogP contribution is 2.26. The molecule has 0 bridgehead atoms. The van der Waals surface area contributed by atoms with E-state index in [1.54, 1.807) is 6.07 Å². The molecule has 0 saturated heterocycles. The van der Waals surface area contributed by atoms with Gasteiger partial charge in [0.1, 0.15) is 0 Å². The third-order valence-electron chi connectivity index (χ3n) is 2.81. The summed E-state index contributed by atoms with van der Waals surface area (Å²) in [5.41, 5.74) is 2.68. The number of aryl methyl sites for hydroxylation is 1. The van der Waals surface area contributed by atoms with Crippen molar-refractivity contribution in [2.24, 2.45) is 0 Å². The number of carbonyl (C=O) groups excluding carboxylic acids is 1. The molecule has 0 spiro atoms. The van der Waals surface area contributed by atoms with E-state index in [-0.39, 0.29) is 12.5 Å². The number of rotatable bonds is 3. The van der Waals surface area contributed by atoms with Gasteiger partial charge in [0, 0.05) is 25.1 Å². The lowest BCUT2D eigenvalue weighted by atomic mass is 9.97. The van der Waals surface area contributed by atoms with Crippen molar-refractivity contribution in [3.63, 3.8) is 0 Å². The fraction of sp³-hybridized carbons (Fsp3) is 0.417. The molecule has 1 aliphatic rings. The van der Waals surface area contributed by atoms with Crippen LogP contribution in [-0.2, 0) is 11.2 Å². The zero-order chi connectivity index (χ0) is 11.5. The SMILES string of the molecule is O=C1CCc2cc(C(O)CCO)ccc2N1. The van der Waals surface area contributed by atoms with Crippen molar-refractivity contribution in [3.8, 4) is 0 Å². The van der Waals surface area contributed by atoms with E-state index in [0.29, 0.717) is 19.3 Å². The van der Waals surface area contributed by atoms with Crippen LogP contribution in [0.25, 0.3) is 0 Å². The zero-order valence-corrected chi connectivity index (χ0v) is 8.94. The summed E-state index contributed by atoms with van der Waals surface area (Å²) in [6, 6.07) is 5.49. The summed E-state index contributed by atoms with van der Waals surface area (Å²) < 4.78 is 0. The van der Waals surface area contributed by atoms with Gasteiger partial charge in [0.25, 0.3) is 0 Å². The normalized spacial score (nSPS) is 16.5. The molecule has 16 heavy (non-hydrogen) atoms. The first-order chi connectivity index (χ1) is 7.70. The number of amides is 1. The van der Waals surface area contributed by atoms with E-state index < -0.39 is 6.10 Å². The van der Waals surface area contributed by atoms with Gasteiger partial charge in [-0.2, -0.15) is 0 Å². The Balaban J connectivity index is 2.22. The van der Waals surface area contributed by atoms with Gasteiger partial charge in [-0.05, 0) is 23.6 Å². The van der Waals surface area contributed by atoms with Gasteiger partial charge in [-0.3, -0.25) is 4.79 Å². The minimum atomic E-state index is -0.632. The minimum Gasteiger partial charge on any atom is -0.396 e. The number of fused-ring (bicyclic) bond motifs is 1. The van der Waals surface area contributed by atoms with E-state index in [2.05, 4.69) is 5.32 Å². The molecule has 0 fully saturated rings. The van der Waals surface area contributed by atoms with Crippen LogP contribution >= 0.6 is 0 Å². The first-order valence-electron chi connectivity index (χ1n) is 5.42. The van der Waals surface area contributed by atoms with E-state index in [4.69, 9.17) is 5.11 Å². The molecule has 1 aromatic carbocycles. The number of carbonyl (C=O) groups is 1. The molecule has 0 radical (unpaired) electrons. The molecule has 0 aromatic heterocycles. The first kappa shape index (κ1) is 11.1. The molecular formula is C12H15NO3. The van der Waals surface area contributed by atoms with E-state index in [9.17, 15) is 9.90 Å². The van der Waals surface area contributed by atoms with Gasteiger partial charge < -0.3 is 15.5 Å². The number of aliphatic hydroxyl groups is 2. The van der Waals surface area contributed by atoms with Crippen molar-refractivity contribution in [1.29, 1.82) is 0 Å². The topological polar surface area (TPSA) is 69.6 Å². The van der Waals surface area contributed by atoms with Gasteiger partial charge >= 0.3 is 0 Å². The van der Waals surface area contributed by atoms with Gasteiger partial charge in [0.05, 0.1) is 6.10 Å². The van der Waals surface area contributed by atoms with E-state index >= 15 is 0 Å². The minimum absolute atomic E-state index is 0.0328. The van der Waals surface area contributed by atoms with Gasteiger partial charge in [-0.25, -0.2) is 0 Å². The van der Waals surface area contributed by atoms with Crippen molar-refractivity contribution in [2.75, 3.05) is 11.9 Å². The number of hydrogen-bond acceptors (Lipinski definition) is 3. The van der Waals surface area contributed by atoms with Crippen molar-refractivity contribution >= 4 is 11.6 Å². The second kappa shape index (κ2) is 4.63. The molecule has 2 rings (SSSR count). The van der Waals surface area contributed by atoms with Gasteiger partial charge in [-0.15, -0.1) is 0 Å².